The second kappa shape index (κ2) is 7.75. The summed E-state index contributed by atoms with van der Waals surface area (Å²) in [6, 6.07) is 15.4. The molecular weight excluding hydrogens is 358 g/mol. The minimum Gasteiger partial charge on any atom is -0.398 e. The molecule has 4 rings (SSSR count). The van der Waals surface area contributed by atoms with E-state index in [1.165, 1.54) is 30.6 Å². The van der Waals surface area contributed by atoms with Crippen molar-refractivity contribution < 1.29 is 4.79 Å². The van der Waals surface area contributed by atoms with Gasteiger partial charge in [-0.25, -0.2) is 0 Å². The highest BCUT2D eigenvalue weighted by Gasteiger charge is 2.17. The monoisotopic (exact) mass is 379 g/mol. The number of rotatable bonds is 4. The topological polar surface area (TPSA) is 84.1 Å². The van der Waals surface area contributed by atoms with Crippen LogP contribution in [0.1, 0.15) is 29.6 Å². The summed E-state index contributed by atoms with van der Waals surface area (Å²) in [6.07, 6.45) is 3.62. The third-order valence-electron chi connectivity index (χ3n) is 4.67. The van der Waals surface area contributed by atoms with Crippen molar-refractivity contribution in [3.05, 3.63) is 54.1 Å². The summed E-state index contributed by atoms with van der Waals surface area (Å²) in [4.78, 5) is 15.0. The number of hydrogen-bond donors (Lipinski definition) is 2. The Morgan fingerprint density at radius 3 is 2.59 bits per heavy atom. The van der Waals surface area contributed by atoms with Gasteiger partial charge in [-0.05, 0) is 37.5 Å². The van der Waals surface area contributed by atoms with Crippen LogP contribution in [0.15, 0.2) is 48.5 Å². The molecule has 3 N–H and O–H groups in total. The lowest BCUT2D eigenvalue weighted by Crippen LogP contribution is -2.29. The third-order valence-corrected chi connectivity index (χ3v) is 5.56. The molecule has 2 aromatic carbocycles. The van der Waals surface area contributed by atoms with Crippen LogP contribution in [0.3, 0.4) is 0 Å². The fraction of sp³-hybridized carbons (Fsp3) is 0.250. The molecular formula is C20H21N5OS. The van der Waals surface area contributed by atoms with Crippen LogP contribution >= 0.6 is 11.3 Å². The van der Waals surface area contributed by atoms with Gasteiger partial charge in [0.25, 0.3) is 5.91 Å². The summed E-state index contributed by atoms with van der Waals surface area (Å²) in [7, 11) is 0. The Labute approximate surface area is 162 Å². The second-order valence-corrected chi connectivity index (χ2v) is 7.53. The van der Waals surface area contributed by atoms with Gasteiger partial charge in [0.05, 0.1) is 5.56 Å². The first kappa shape index (κ1) is 17.5. The van der Waals surface area contributed by atoms with Crippen molar-refractivity contribution in [2.24, 2.45) is 0 Å². The maximum Gasteiger partial charge on any atom is 0.259 e. The minimum absolute atomic E-state index is 0.262. The molecule has 0 spiro atoms. The highest BCUT2D eigenvalue weighted by molar-refractivity contribution is 7.18. The summed E-state index contributed by atoms with van der Waals surface area (Å²) in [6.45, 7) is 2.03. The molecule has 27 heavy (non-hydrogen) atoms. The van der Waals surface area contributed by atoms with Crippen LogP contribution in [0.2, 0.25) is 0 Å². The van der Waals surface area contributed by atoms with Crippen molar-refractivity contribution in [2.45, 2.75) is 19.3 Å². The lowest BCUT2D eigenvalue weighted by Gasteiger charge is -2.29. The largest absolute Gasteiger partial charge is 0.398 e. The minimum atomic E-state index is -0.262. The van der Waals surface area contributed by atoms with E-state index < -0.39 is 0 Å². The molecule has 138 valence electrons. The van der Waals surface area contributed by atoms with Crippen molar-refractivity contribution in [1.82, 2.24) is 10.2 Å². The van der Waals surface area contributed by atoms with Crippen LogP contribution in [-0.4, -0.2) is 29.2 Å². The van der Waals surface area contributed by atoms with Crippen molar-refractivity contribution >= 4 is 33.8 Å². The normalized spacial score (nSPS) is 14.1. The molecule has 0 unspecified atom stereocenters. The van der Waals surface area contributed by atoms with E-state index in [4.69, 9.17) is 5.73 Å². The number of piperidine rings is 1. The quantitative estimate of drug-likeness (QED) is 0.669. The number of anilines is 3. The number of nitrogens with two attached hydrogens (primary N) is 1. The Morgan fingerprint density at radius 2 is 1.81 bits per heavy atom. The average molecular weight is 379 g/mol. The van der Waals surface area contributed by atoms with Gasteiger partial charge >= 0.3 is 0 Å². The lowest BCUT2D eigenvalue weighted by molar-refractivity contribution is 0.102. The van der Waals surface area contributed by atoms with Crippen molar-refractivity contribution in [3.63, 3.8) is 0 Å². The first-order chi connectivity index (χ1) is 13.2. The van der Waals surface area contributed by atoms with Crippen molar-refractivity contribution in [1.29, 1.82) is 0 Å². The Hall–Kier alpha value is -2.93. The maximum absolute atomic E-state index is 12.7. The maximum atomic E-state index is 12.7. The van der Waals surface area contributed by atoms with Gasteiger partial charge in [0.2, 0.25) is 5.13 Å². The van der Waals surface area contributed by atoms with Crippen LogP contribution in [-0.2, 0) is 0 Å². The zero-order valence-corrected chi connectivity index (χ0v) is 15.7. The fourth-order valence-electron chi connectivity index (χ4n) is 3.23. The summed E-state index contributed by atoms with van der Waals surface area (Å²) in [5.74, 6) is -0.262. The van der Waals surface area contributed by atoms with Crippen LogP contribution in [0, 0.1) is 0 Å². The van der Waals surface area contributed by atoms with E-state index in [1.807, 2.05) is 42.5 Å². The van der Waals surface area contributed by atoms with Crippen LogP contribution in [0.4, 0.5) is 16.5 Å². The zero-order chi connectivity index (χ0) is 18.6. The summed E-state index contributed by atoms with van der Waals surface area (Å²) in [5.41, 5.74) is 9.00. The predicted octanol–water partition coefficient (Wildman–Crippen LogP) is 4.03. The molecule has 1 aromatic heterocycles. The van der Waals surface area contributed by atoms with Crippen LogP contribution in [0.5, 0.6) is 0 Å². The number of benzene rings is 2. The van der Waals surface area contributed by atoms with E-state index in [0.29, 0.717) is 16.4 Å². The van der Waals surface area contributed by atoms with Gasteiger partial charge < -0.3 is 10.6 Å². The van der Waals surface area contributed by atoms with Crippen LogP contribution in [0.25, 0.3) is 10.6 Å². The molecule has 0 aliphatic carbocycles. The van der Waals surface area contributed by atoms with Gasteiger partial charge in [0.15, 0.2) is 0 Å². The average Bonchev–Trinajstić information content (AvgIpc) is 3.18. The molecule has 1 saturated heterocycles. The predicted molar refractivity (Wildman–Crippen MR) is 110 cm³/mol. The highest BCUT2D eigenvalue weighted by atomic mass is 32.1. The van der Waals surface area contributed by atoms with Gasteiger partial charge in [-0.1, -0.05) is 41.7 Å². The number of aromatic nitrogens is 2. The molecule has 0 saturated carbocycles. The van der Waals surface area contributed by atoms with Gasteiger partial charge in [0, 0.05) is 30.0 Å². The van der Waals surface area contributed by atoms with Crippen LogP contribution < -0.4 is 16.0 Å². The molecule has 2 heterocycles. The van der Waals surface area contributed by atoms with Gasteiger partial charge in [-0.15, -0.1) is 10.2 Å². The molecule has 1 fully saturated rings. The molecule has 0 bridgehead atoms. The number of amides is 1. The summed E-state index contributed by atoms with van der Waals surface area (Å²) >= 11 is 1.34. The number of nitrogens with one attached hydrogen (secondary N) is 1. The van der Waals surface area contributed by atoms with E-state index >= 15 is 0 Å². The molecule has 7 heteroatoms. The molecule has 3 aromatic rings. The molecule has 0 atom stereocenters. The van der Waals surface area contributed by atoms with Gasteiger partial charge in [-0.2, -0.15) is 0 Å². The standard InChI is InChI=1S/C20H21N5OS/c21-17-10-9-15(25-11-5-2-6-12-25)13-16(17)18(26)22-20-24-23-19(27-20)14-7-3-1-4-8-14/h1,3-4,7-10,13H,2,5-6,11-12,21H2,(H,22,24,26). The number of hydrogen-bond acceptors (Lipinski definition) is 6. The van der Waals surface area contributed by atoms with E-state index in [-0.39, 0.29) is 5.91 Å². The molecule has 6 nitrogen and oxygen atoms in total. The number of nitrogen functional groups attached to an aromatic ring is 1. The molecule has 1 aliphatic rings. The van der Waals surface area contributed by atoms with Crippen molar-refractivity contribution in [3.8, 4) is 10.6 Å². The Morgan fingerprint density at radius 1 is 1.04 bits per heavy atom. The number of nitrogens with zero attached hydrogens (tertiary/aromatic N) is 3. The fourth-order valence-corrected chi connectivity index (χ4v) is 3.97. The van der Waals surface area contributed by atoms with E-state index in [9.17, 15) is 4.79 Å². The first-order valence-corrected chi connectivity index (χ1v) is 9.87. The Balaban J connectivity index is 1.52. The SMILES string of the molecule is Nc1ccc(N2CCCCC2)cc1C(=O)Nc1nnc(-c2ccccc2)s1. The van der Waals surface area contributed by atoms with Crippen molar-refractivity contribution in [2.75, 3.05) is 29.0 Å². The molecule has 1 aliphatic heterocycles. The Bertz CT molecular complexity index is 935. The Kier molecular flexibility index (Phi) is 5.02. The number of carbonyl (C=O) groups is 1. The van der Waals surface area contributed by atoms with E-state index in [0.717, 1.165) is 29.3 Å². The molecule has 0 radical (unpaired) electrons. The molecule has 1 amide bonds. The zero-order valence-electron chi connectivity index (χ0n) is 14.9. The van der Waals surface area contributed by atoms with Gasteiger partial charge in [-0.3, -0.25) is 10.1 Å². The lowest BCUT2D eigenvalue weighted by atomic mass is 10.1. The first-order valence-electron chi connectivity index (χ1n) is 9.05. The summed E-state index contributed by atoms with van der Waals surface area (Å²) in [5, 5.41) is 12.3. The highest BCUT2D eigenvalue weighted by Crippen LogP contribution is 2.28. The van der Waals surface area contributed by atoms with E-state index in [1.54, 1.807) is 6.07 Å². The van der Waals surface area contributed by atoms with E-state index in [2.05, 4.69) is 20.4 Å². The van der Waals surface area contributed by atoms with Gasteiger partial charge in [0.1, 0.15) is 5.01 Å². The second-order valence-electron chi connectivity index (χ2n) is 6.55. The third kappa shape index (κ3) is 3.93. The smallest absolute Gasteiger partial charge is 0.259 e. The summed E-state index contributed by atoms with van der Waals surface area (Å²) < 4.78 is 0. The number of carbonyl (C=O) groups excluding carboxylic acids is 1.